The normalized spacial score (nSPS) is 14.1. The molecule has 2 unspecified atom stereocenters. The average Bonchev–Trinajstić information content (AvgIpc) is 3.09. The molecule has 0 bridgehead atoms. The molecule has 0 aromatic carbocycles. The number of aliphatic hydroxyl groups excluding tert-OH is 1. The summed E-state index contributed by atoms with van der Waals surface area (Å²) in [5.41, 5.74) is 0. The summed E-state index contributed by atoms with van der Waals surface area (Å²) >= 11 is 0. The lowest BCUT2D eigenvalue weighted by molar-refractivity contribution is -0.161. The van der Waals surface area contributed by atoms with Crippen molar-refractivity contribution in [3.05, 3.63) is 0 Å². The minimum atomic E-state index is -4.95. The topological polar surface area (TPSA) is 237 Å². The van der Waals surface area contributed by atoms with Gasteiger partial charge in [0.05, 0.1) is 26.4 Å². The van der Waals surface area contributed by atoms with Crippen LogP contribution >= 0.6 is 15.6 Å². The van der Waals surface area contributed by atoms with E-state index in [4.69, 9.17) is 37.0 Å². The first kappa shape index (κ1) is 88.1. The molecular weight excluding hydrogens is 1190 g/mol. The van der Waals surface area contributed by atoms with E-state index in [1.165, 1.54) is 180 Å². The van der Waals surface area contributed by atoms with Gasteiger partial charge in [-0.2, -0.15) is 0 Å². The lowest BCUT2D eigenvalue weighted by Crippen LogP contribution is -2.30. The van der Waals surface area contributed by atoms with Gasteiger partial charge in [0.2, 0.25) is 0 Å². The molecule has 0 amide bonds. The highest BCUT2D eigenvalue weighted by molar-refractivity contribution is 7.47. The minimum absolute atomic E-state index is 0.106. The van der Waals surface area contributed by atoms with E-state index in [1.807, 2.05) is 0 Å². The number of carbonyl (C=O) groups is 4. The van der Waals surface area contributed by atoms with E-state index < -0.39 is 97.5 Å². The summed E-state index contributed by atoms with van der Waals surface area (Å²) in [6.45, 7) is 9.56. The van der Waals surface area contributed by atoms with Crippen LogP contribution in [0.25, 0.3) is 0 Å². The van der Waals surface area contributed by atoms with Gasteiger partial charge in [0.25, 0.3) is 0 Å². The summed E-state index contributed by atoms with van der Waals surface area (Å²) < 4.78 is 68.3. The van der Waals surface area contributed by atoms with Gasteiger partial charge in [-0.1, -0.05) is 311 Å². The van der Waals surface area contributed by atoms with Crippen LogP contribution in [0.3, 0.4) is 0 Å². The fourth-order valence-electron chi connectivity index (χ4n) is 10.8. The van der Waals surface area contributed by atoms with Gasteiger partial charge < -0.3 is 33.8 Å². The van der Waals surface area contributed by atoms with E-state index in [0.717, 1.165) is 102 Å². The number of esters is 4. The Bertz CT molecular complexity index is 1750. The number of hydrogen-bond donors (Lipinski definition) is 3. The van der Waals surface area contributed by atoms with E-state index in [1.54, 1.807) is 0 Å². The van der Waals surface area contributed by atoms with E-state index >= 15 is 0 Å². The number of rotatable bonds is 70. The van der Waals surface area contributed by atoms with Crippen molar-refractivity contribution >= 4 is 39.5 Å². The van der Waals surface area contributed by atoms with Crippen molar-refractivity contribution in [3.63, 3.8) is 0 Å². The summed E-state index contributed by atoms with van der Waals surface area (Å²) in [5.74, 6) is -0.569. The molecule has 0 saturated carbocycles. The van der Waals surface area contributed by atoms with Gasteiger partial charge in [-0.05, 0) is 37.5 Å². The van der Waals surface area contributed by atoms with E-state index in [0.29, 0.717) is 25.7 Å². The summed E-state index contributed by atoms with van der Waals surface area (Å²) in [5, 5.41) is 10.6. The quantitative estimate of drug-likeness (QED) is 0.0222. The van der Waals surface area contributed by atoms with Crippen molar-refractivity contribution in [2.24, 2.45) is 11.8 Å². The van der Waals surface area contributed by atoms with E-state index in [-0.39, 0.29) is 25.7 Å². The van der Waals surface area contributed by atoms with Gasteiger partial charge >= 0.3 is 39.5 Å². The van der Waals surface area contributed by atoms with Crippen molar-refractivity contribution in [1.29, 1.82) is 0 Å². The second-order valence-corrected chi connectivity index (χ2v) is 29.5. The number of carbonyl (C=O) groups excluding carboxylic acids is 4. The van der Waals surface area contributed by atoms with Crippen LogP contribution in [0.2, 0.25) is 0 Å². The second-order valence-electron chi connectivity index (χ2n) is 26.6. The van der Waals surface area contributed by atoms with E-state index in [9.17, 15) is 43.2 Å². The average molecular weight is 1330 g/mol. The molecule has 5 atom stereocenters. The fraction of sp³-hybridized carbons (Fsp3) is 0.944. The van der Waals surface area contributed by atoms with Crippen molar-refractivity contribution in [2.45, 2.75) is 381 Å². The van der Waals surface area contributed by atoms with Crippen LogP contribution in [-0.2, 0) is 65.4 Å². The molecule has 0 aliphatic rings. The molecule has 19 heteroatoms. The van der Waals surface area contributed by atoms with Crippen molar-refractivity contribution in [1.82, 2.24) is 0 Å². The first-order valence-electron chi connectivity index (χ1n) is 37.0. The first-order chi connectivity index (χ1) is 43.4. The lowest BCUT2D eigenvalue weighted by atomic mass is 10.0. The number of phosphoric acid groups is 2. The number of aliphatic hydroxyl groups is 1. The Balaban J connectivity index is 5.23. The fourth-order valence-corrected chi connectivity index (χ4v) is 12.3. The Kier molecular flexibility index (Phi) is 61.8. The van der Waals surface area contributed by atoms with Crippen LogP contribution < -0.4 is 0 Å². The SMILES string of the molecule is CCCCCCCCCCCCC(=O)OC[C@H](COP(=O)(O)OC[C@H](O)COP(=O)(O)OC[C@@H](COC(=O)CCCCCCCCCCCCC(C)C)OC(=O)CCCCCCCCCCCCCCCCC(C)C)OC(=O)CCCCCCCCCCCC. The highest BCUT2D eigenvalue weighted by Gasteiger charge is 2.30. The van der Waals surface area contributed by atoms with Crippen LogP contribution in [0.5, 0.6) is 0 Å². The van der Waals surface area contributed by atoms with E-state index in [2.05, 4.69) is 41.5 Å². The molecule has 534 valence electrons. The number of ether oxygens (including phenoxy) is 4. The highest BCUT2D eigenvalue weighted by atomic mass is 31.2. The molecule has 0 aromatic rings. The molecule has 3 N–H and O–H groups in total. The number of hydrogen-bond acceptors (Lipinski definition) is 15. The van der Waals surface area contributed by atoms with Crippen LogP contribution in [0, 0.1) is 11.8 Å². The van der Waals surface area contributed by atoms with Crippen molar-refractivity contribution in [3.8, 4) is 0 Å². The summed E-state index contributed by atoms with van der Waals surface area (Å²) in [6, 6.07) is 0. The number of phosphoric ester groups is 2. The Hall–Kier alpha value is -1.94. The van der Waals surface area contributed by atoms with Gasteiger partial charge in [-0.3, -0.25) is 37.3 Å². The molecule has 0 heterocycles. The molecule has 0 aliphatic carbocycles. The third-order valence-corrected chi connectivity index (χ3v) is 18.4. The Morgan fingerprint density at radius 2 is 0.511 bits per heavy atom. The summed E-state index contributed by atoms with van der Waals surface area (Å²) in [6.07, 6.45) is 48.5. The zero-order chi connectivity index (χ0) is 66.5. The van der Waals surface area contributed by atoms with Gasteiger partial charge in [0, 0.05) is 25.7 Å². The molecule has 0 saturated heterocycles. The maximum Gasteiger partial charge on any atom is 0.472 e. The molecule has 0 rings (SSSR count). The minimum Gasteiger partial charge on any atom is -0.462 e. The third-order valence-electron chi connectivity index (χ3n) is 16.5. The molecule has 0 spiro atoms. The van der Waals surface area contributed by atoms with Crippen LogP contribution in [0.15, 0.2) is 0 Å². The lowest BCUT2D eigenvalue weighted by Gasteiger charge is -2.21. The molecule has 90 heavy (non-hydrogen) atoms. The van der Waals surface area contributed by atoms with Gasteiger partial charge in [-0.15, -0.1) is 0 Å². The maximum atomic E-state index is 13.0. The number of unbranched alkanes of at least 4 members (excludes halogenated alkanes) is 40. The molecule has 17 nitrogen and oxygen atoms in total. The van der Waals surface area contributed by atoms with Gasteiger partial charge in [0.1, 0.15) is 19.3 Å². The molecular formula is C71H138O17P2. The van der Waals surface area contributed by atoms with Crippen molar-refractivity contribution < 1.29 is 80.2 Å². The zero-order valence-corrected chi connectivity index (χ0v) is 60.2. The van der Waals surface area contributed by atoms with Crippen LogP contribution in [0.1, 0.15) is 363 Å². The second kappa shape index (κ2) is 63.1. The molecule has 0 aromatic heterocycles. The summed E-state index contributed by atoms with van der Waals surface area (Å²) in [7, 11) is -9.90. The van der Waals surface area contributed by atoms with Gasteiger partial charge in [-0.25, -0.2) is 9.13 Å². The maximum absolute atomic E-state index is 13.0. The molecule has 0 aliphatic heterocycles. The van der Waals surface area contributed by atoms with Crippen molar-refractivity contribution in [2.75, 3.05) is 39.6 Å². The predicted molar refractivity (Wildman–Crippen MR) is 363 cm³/mol. The highest BCUT2D eigenvalue weighted by Crippen LogP contribution is 2.45. The zero-order valence-electron chi connectivity index (χ0n) is 58.4. The third kappa shape index (κ3) is 64.8. The standard InChI is InChI=1S/C71H138O17P2/c1-7-9-11-13-15-17-29-35-41-47-53-68(73)81-59-66(87-70(75)55-49-43-37-30-18-16-14-12-10-8-2)61-85-89(77,78)83-57-65(72)58-84-90(79,80)86-62-67(60-82-69(74)54-48-42-36-31-26-25-28-34-40-46-52-64(5)6)88-71(76)56-50-44-38-32-24-22-20-19-21-23-27-33-39-45-51-63(3)4/h63-67,72H,7-62H2,1-6H3,(H,77,78)(H,79,80)/t65-,66+,67+/m0/s1. The van der Waals surface area contributed by atoms with Crippen LogP contribution in [-0.4, -0.2) is 96.7 Å². The smallest absolute Gasteiger partial charge is 0.462 e. The predicted octanol–water partition coefficient (Wildman–Crippen LogP) is 20.4. The molecule has 0 radical (unpaired) electrons. The van der Waals surface area contributed by atoms with Crippen LogP contribution in [0.4, 0.5) is 0 Å². The Labute approximate surface area is 549 Å². The Morgan fingerprint density at radius 1 is 0.300 bits per heavy atom. The first-order valence-corrected chi connectivity index (χ1v) is 40.0. The molecule has 0 fully saturated rings. The summed E-state index contributed by atoms with van der Waals surface area (Å²) in [4.78, 5) is 72.5. The van der Waals surface area contributed by atoms with Gasteiger partial charge in [0.15, 0.2) is 12.2 Å². The monoisotopic (exact) mass is 1320 g/mol. The largest absolute Gasteiger partial charge is 0.472 e. The Morgan fingerprint density at radius 3 is 0.756 bits per heavy atom.